The van der Waals surface area contributed by atoms with Crippen LogP contribution in [0.4, 0.5) is 0 Å². The first kappa shape index (κ1) is 9.52. The summed E-state index contributed by atoms with van der Waals surface area (Å²) in [7, 11) is 0. The second kappa shape index (κ2) is 3.90. The summed E-state index contributed by atoms with van der Waals surface area (Å²) in [6.07, 6.45) is 3.16. The van der Waals surface area contributed by atoms with Crippen molar-refractivity contribution < 1.29 is 9.90 Å². The molecule has 1 amide bonds. The van der Waals surface area contributed by atoms with Gasteiger partial charge in [0.15, 0.2) is 0 Å². The van der Waals surface area contributed by atoms with Gasteiger partial charge in [-0.1, -0.05) is 6.92 Å². The zero-order chi connectivity index (χ0) is 9.14. The predicted molar refractivity (Wildman–Crippen MR) is 46.7 cm³/mol. The lowest BCUT2D eigenvalue weighted by Gasteiger charge is -2.27. The Bertz CT molecular complexity index is 170. The van der Waals surface area contributed by atoms with Gasteiger partial charge in [0, 0.05) is 12.1 Å². The molecule has 0 radical (unpaired) electrons. The van der Waals surface area contributed by atoms with Crippen LogP contribution in [0.2, 0.25) is 0 Å². The fourth-order valence-corrected chi connectivity index (χ4v) is 2.00. The Balaban J connectivity index is 2.63. The molecule has 1 N–H and O–H groups in total. The Morgan fingerprint density at radius 2 is 2.25 bits per heavy atom. The van der Waals surface area contributed by atoms with E-state index < -0.39 is 0 Å². The maximum atomic E-state index is 11.3. The summed E-state index contributed by atoms with van der Waals surface area (Å²) in [6, 6.07) is 0.675. The van der Waals surface area contributed by atoms with Gasteiger partial charge in [-0.25, -0.2) is 0 Å². The van der Waals surface area contributed by atoms with Crippen LogP contribution in [0.25, 0.3) is 0 Å². The molecule has 0 spiro atoms. The molecule has 70 valence electrons. The van der Waals surface area contributed by atoms with Gasteiger partial charge in [-0.2, -0.15) is 0 Å². The number of rotatable bonds is 2. The quantitative estimate of drug-likeness (QED) is 0.666. The molecule has 0 bridgehead atoms. The van der Waals surface area contributed by atoms with Crippen LogP contribution in [-0.4, -0.2) is 34.6 Å². The third-order valence-electron chi connectivity index (χ3n) is 2.68. The molecule has 12 heavy (non-hydrogen) atoms. The highest BCUT2D eigenvalue weighted by molar-refractivity contribution is 5.78. The minimum absolute atomic E-state index is 0.119. The second-order valence-corrected chi connectivity index (χ2v) is 3.45. The molecule has 1 aliphatic rings. The van der Waals surface area contributed by atoms with Crippen molar-refractivity contribution in [2.75, 3.05) is 6.61 Å². The molecule has 3 nitrogen and oxygen atoms in total. The van der Waals surface area contributed by atoms with E-state index >= 15 is 0 Å². The Kier molecular flexibility index (Phi) is 3.09. The van der Waals surface area contributed by atoms with Crippen molar-refractivity contribution in [2.45, 2.75) is 45.2 Å². The van der Waals surface area contributed by atoms with Crippen LogP contribution in [0.1, 0.15) is 33.1 Å². The van der Waals surface area contributed by atoms with Crippen LogP contribution >= 0.6 is 0 Å². The first-order valence-corrected chi connectivity index (χ1v) is 4.62. The minimum Gasteiger partial charge on any atom is -0.387 e. The van der Waals surface area contributed by atoms with Gasteiger partial charge in [-0.15, -0.1) is 0 Å². The average molecular weight is 171 g/mol. The molecule has 1 rings (SSSR count). The number of carbonyl (C=O) groups excluding carboxylic acids is 1. The normalized spacial score (nSPS) is 29.4. The van der Waals surface area contributed by atoms with E-state index in [1.54, 1.807) is 0 Å². The van der Waals surface area contributed by atoms with Gasteiger partial charge >= 0.3 is 0 Å². The summed E-state index contributed by atoms with van der Waals surface area (Å²) in [6.45, 7) is 3.78. The highest BCUT2D eigenvalue weighted by Gasteiger charge is 2.32. The van der Waals surface area contributed by atoms with Crippen LogP contribution in [0.5, 0.6) is 0 Å². The van der Waals surface area contributed by atoms with Crippen molar-refractivity contribution in [2.24, 2.45) is 0 Å². The van der Waals surface area contributed by atoms with Crippen molar-refractivity contribution in [3.05, 3.63) is 0 Å². The zero-order valence-corrected chi connectivity index (χ0v) is 7.79. The largest absolute Gasteiger partial charge is 0.387 e. The van der Waals surface area contributed by atoms with Gasteiger partial charge in [0.2, 0.25) is 5.91 Å². The Hall–Kier alpha value is -0.570. The van der Waals surface area contributed by atoms with E-state index in [1.807, 2.05) is 11.8 Å². The molecule has 0 aromatic heterocycles. The van der Waals surface area contributed by atoms with E-state index in [9.17, 15) is 4.79 Å². The summed E-state index contributed by atoms with van der Waals surface area (Å²) in [5.74, 6) is -0.119. The predicted octanol–water partition coefficient (Wildman–Crippen LogP) is 0.768. The zero-order valence-electron chi connectivity index (χ0n) is 7.79. The summed E-state index contributed by atoms with van der Waals surface area (Å²) in [5.41, 5.74) is 0. The summed E-state index contributed by atoms with van der Waals surface area (Å²) in [4.78, 5) is 13.1. The standard InChI is InChI=1S/C9H17NO2/c1-3-8-5-4-7(2)10(8)9(12)6-11/h7-8,11H,3-6H2,1-2H3. The molecule has 3 heteroatoms. The molecule has 0 saturated carbocycles. The highest BCUT2D eigenvalue weighted by Crippen LogP contribution is 2.25. The number of hydrogen-bond donors (Lipinski definition) is 1. The average Bonchev–Trinajstić information content (AvgIpc) is 2.45. The van der Waals surface area contributed by atoms with Gasteiger partial charge in [0.1, 0.15) is 6.61 Å². The van der Waals surface area contributed by atoms with Crippen molar-refractivity contribution in [3.63, 3.8) is 0 Å². The molecule has 1 heterocycles. The second-order valence-electron chi connectivity index (χ2n) is 3.45. The SMILES string of the molecule is CCC1CCC(C)N1C(=O)CO. The molecule has 1 aliphatic heterocycles. The Labute approximate surface area is 73.4 Å². The molecule has 1 saturated heterocycles. The number of nitrogens with zero attached hydrogens (tertiary/aromatic N) is 1. The fraction of sp³-hybridized carbons (Fsp3) is 0.889. The van der Waals surface area contributed by atoms with E-state index in [0.29, 0.717) is 12.1 Å². The van der Waals surface area contributed by atoms with Gasteiger partial charge < -0.3 is 10.0 Å². The maximum Gasteiger partial charge on any atom is 0.248 e. The molecule has 2 unspecified atom stereocenters. The van der Waals surface area contributed by atoms with Crippen LogP contribution in [0.15, 0.2) is 0 Å². The van der Waals surface area contributed by atoms with Crippen molar-refractivity contribution in [1.82, 2.24) is 4.90 Å². The topological polar surface area (TPSA) is 40.5 Å². The lowest BCUT2D eigenvalue weighted by atomic mass is 10.1. The minimum atomic E-state index is -0.346. The number of carbonyl (C=O) groups is 1. The Morgan fingerprint density at radius 3 is 2.75 bits per heavy atom. The molecule has 0 aliphatic carbocycles. The van der Waals surface area contributed by atoms with E-state index in [1.165, 1.54) is 0 Å². The third kappa shape index (κ3) is 1.61. The molecule has 1 fully saturated rings. The lowest BCUT2D eigenvalue weighted by Crippen LogP contribution is -2.41. The molecule has 2 atom stereocenters. The van der Waals surface area contributed by atoms with Crippen LogP contribution < -0.4 is 0 Å². The van der Waals surface area contributed by atoms with Crippen LogP contribution in [0, 0.1) is 0 Å². The number of aliphatic hydroxyl groups excluding tert-OH is 1. The van der Waals surface area contributed by atoms with Crippen molar-refractivity contribution >= 4 is 5.91 Å². The van der Waals surface area contributed by atoms with Gasteiger partial charge in [-0.3, -0.25) is 4.79 Å². The van der Waals surface area contributed by atoms with Gasteiger partial charge in [-0.05, 0) is 26.2 Å². The third-order valence-corrected chi connectivity index (χ3v) is 2.68. The first-order valence-electron chi connectivity index (χ1n) is 4.62. The fourth-order valence-electron chi connectivity index (χ4n) is 2.00. The van der Waals surface area contributed by atoms with Crippen molar-refractivity contribution in [3.8, 4) is 0 Å². The molecule has 0 aromatic rings. The number of aliphatic hydroxyl groups is 1. The van der Waals surface area contributed by atoms with E-state index in [-0.39, 0.29) is 12.5 Å². The number of hydrogen-bond acceptors (Lipinski definition) is 2. The number of likely N-dealkylation sites (tertiary alicyclic amines) is 1. The highest BCUT2D eigenvalue weighted by atomic mass is 16.3. The van der Waals surface area contributed by atoms with Crippen LogP contribution in [0.3, 0.4) is 0 Å². The number of amides is 1. The smallest absolute Gasteiger partial charge is 0.248 e. The molecular weight excluding hydrogens is 154 g/mol. The van der Waals surface area contributed by atoms with E-state index in [4.69, 9.17) is 5.11 Å². The van der Waals surface area contributed by atoms with E-state index in [2.05, 4.69) is 6.92 Å². The maximum absolute atomic E-state index is 11.3. The molecule has 0 aromatic carbocycles. The molecular formula is C9H17NO2. The van der Waals surface area contributed by atoms with E-state index in [0.717, 1.165) is 19.3 Å². The van der Waals surface area contributed by atoms with Crippen LogP contribution in [-0.2, 0) is 4.79 Å². The summed E-state index contributed by atoms with van der Waals surface area (Å²) >= 11 is 0. The summed E-state index contributed by atoms with van der Waals surface area (Å²) in [5, 5.41) is 8.74. The van der Waals surface area contributed by atoms with Crippen molar-refractivity contribution in [1.29, 1.82) is 0 Å². The monoisotopic (exact) mass is 171 g/mol. The van der Waals surface area contributed by atoms with Gasteiger partial charge in [0.25, 0.3) is 0 Å². The Morgan fingerprint density at radius 1 is 1.58 bits per heavy atom. The summed E-state index contributed by atoms with van der Waals surface area (Å²) < 4.78 is 0. The van der Waals surface area contributed by atoms with Gasteiger partial charge in [0.05, 0.1) is 0 Å². The lowest BCUT2D eigenvalue weighted by molar-refractivity contribution is -0.136. The first-order chi connectivity index (χ1) is 5.70.